The lowest BCUT2D eigenvalue weighted by Crippen LogP contribution is -2.11. The van der Waals surface area contributed by atoms with Crippen molar-refractivity contribution in [3.63, 3.8) is 0 Å². The maximum Gasteiger partial charge on any atom is 0.265 e. The average Bonchev–Trinajstić information content (AvgIpc) is 2.74. The third-order valence-corrected chi connectivity index (χ3v) is 2.63. The molecule has 2 heterocycles. The first-order valence-corrected chi connectivity index (χ1v) is 5.10. The van der Waals surface area contributed by atoms with Gasteiger partial charge in [0.05, 0.1) is 16.8 Å². The molecule has 0 saturated carbocycles. The van der Waals surface area contributed by atoms with Gasteiger partial charge in [-0.05, 0) is 17.5 Å². The van der Waals surface area contributed by atoms with Gasteiger partial charge in [-0.25, -0.2) is 4.39 Å². The molecule has 0 spiro atoms. The zero-order valence-corrected chi connectivity index (χ0v) is 8.42. The summed E-state index contributed by atoms with van der Waals surface area (Å²) in [6.45, 7) is 0. The quantitative estimate of drug-likeness (QED) is 0.848. The topological polar surface area (TPSA) is 42.0 Å². The Balaban J connectivity index is 2.17. The summed E-state index contributed by atoms with van der Waals surface area (Å²) < 4.78 is 13.1. The summed E-state index contributed by atoms with van der Waals surface area (Å²) in [4.78, 5) is 15.7. The molecule has 0 aromatic carbocycles. The molecule has 1 amide bonds. The first-order valence-electron chi connectivity index (χ1n) is 4.22. The van der Waals surface area contributed by atoms with Crippen LogP contribution in [-0.2, 0) is 0 Å². The second-order valence-corrected chi connectivity index (χ2v) is 3.73. The Labute approximate surface area is 89.6 Å². The number of carbonyl (C=O) groups is 1. The largest absolute Gasteiger partial charge is 0.319 e. The van der Waals surface area contributed by atoms with Gasteiger partial charge in [0.25, 0.3) is 5.91 Å². The van der Waals surface area contributed by atoms with Crippen LogP contribution in [0.5, 0.6) is 0 Å². The van der Waals surface area contributed by atoms with Gasteiger partial charge in [-0.2, -0.15) is 0 Å². The number of aromatic nitrogens is 1. The summed E-state index contributed by atoms with van der Waals surface area (Å²) in [6, 6.07) is 4.86. The van der Waals surface area contributed by atoms with Crippen molar-refractivity contribution in [3.05, 3.63) is 46.7 Å². The molecule has 15 heavy (non-hydrogen) atoms. The van der Waals surface area contributed by atoms with Crippen molar-refractivity contribution in [2.75, 3.05) is 5.32 Å². The molecule has 0 atom stereocenters. The van der Waals surface area contributed by atoms with E-state index in [1.807, 2.05) is 0 Å². The second-order valence-electron chi connectivity index (χ2n) is 2.79. The first kappa shape index (κ1) is 9.79. The molecule has 2 aromatic heterocycles. The number of nitrogens with zero attached hydrogens (tertiary/aromatic N) is 1. The molecule has 76 valence electrons. The summed E-state index contributed by atoms with van der Waals surface area (Å²) in [6.07, 6.45) is 2.48. The van der Waals surface area contributed by atoms with Crippen LogP contribution in [0.2, 0.25) is 0 Å². The Morgan fingerprint density at radius 1 is 1.47 bits per heavy atom. The lowest BCUT2D eigenvalue weighted by molar-refractivity contribution is 0.103. The molecule has 2 rings (SSSR count). The Morgan fingerprint density at radius 2 is 2.33 bits per heavy atom. The highest BCUT2D eigenvalue weighted by Crippen LogP contribution is 2.15. The van der Waals surface area contributed by atoms with E-state index in [1.54, 1.807) is 17.5 Å². The molecule has 0 aliphatic heterocycles. The Morgan fingerprint density at radius 3 is 3.00 bits per heavy atom. The summed E-state index contributed by atoms with van der Waals surface area (Å²) in [5.74, 6) is -0.850. The lowest BCUT2D eigenvalue weighted by Gasteiger charge is -2.03. The van der Waals surface area contributed by atoms with Crippen LogP contribution in [0, 0.1) is 5.82 Å². The maximum atomic E-state index is 13.1. The molecular formula is C10H7FN2OS. The SMILES string of the molecule is O=C(Nc1ccncc1F)c1cccs1. The number of pyridine rings is 1. The van der Waals surface area contributed by atoms with Gasteiger partial charge in [0.2, 0.25) is 0 Å². The van der Waals surface area contributed by atoms with Crippen LogP contribution in [-0.4, -0.2) is 10.9 Å². The number of nitrogens with one attached hydrogen (secondary N) is 1. The normalized spacial score (nSPS) is 9.93. The predicted molar refractivity (Wildman–Crippen MR) is 56.5 cm³/mol. The van der Waals surface area contributed by atoms with Crippen LogP contribution >= 0.6 is 11.3 Å². The number of anilines is 1. The van der Waals surface area contributed by atoms with Gasteiger partial charge in [0.15, 0.2) is 5.82 Å². The molecule has 0 unspecified atom stereocenters. The van der Waals surface area contributed by atoms with E-state index < -0.39 is 5.82 Å². The molecule has 5 heteroatoms. The Kier molecular flexibility index (Phi) is 2.73. The predicted octanol–water partition coefficient (Wildman–Crippen LogP) is 2.53. The smallest absolute Gasteiger partial charge is 0.265 e. The highest BCUT2D eigenvalue weighted by atomic mass is 32.1. The number of carbonyl (C=O) groups excluding carboxylic acids is 1. The minimum atomic E-state index is -0.539. The molecule has 0 bridgehead atoms. The summed E-state index contributed by atoms with van der Waals surface area (Å²) >= 11 is 1.31. The van der Waals surface area contributed by atoms with Crippen LogP contribution in [0.1, 0.15) is 9.67 Å². The average molecular weight is 222 g/mol. The van der Waals surface area contributed by atoms with E-state index in [-0.39, 0.29) is 11.6 Å². The molecule has 0 aliphatic carbocycles. The van der Waals surface area contributed by atoms with E-state index in [1.165, 1.54) is 23.6 Å². The Bertz CT molecular complexity index is 470. The number of halogens is 1. The second kappa shape index (κ2) is 4.18. The molecule has 3 nitrogen and oxygen atoms in total. The van der Waals surface area contributed by atoms with Crippen molar-refractivity contribution in [2.45, 2.75) is 0 Å². The van der Waals surface area contributed by atoms with Crippen LogP contribution in [0.15, 0.2) is 36.0 Å². The molecule has 0 radical (unpaired) electrons. The van der Waals surface area contributed by atoms with Crippen LogP contribution in [0.25, 0.3) is 0 Å². The lowest BCUT2D eigenvalue weighted by atomic mass is 10.3. The van der Waals surface area contributed by atoms with Crippen LogP contribution in [0.3, 0.4) is 0 Å². The van der Waals surface area contributed by atoms with Crippen molar-refractivity contribution in [3.8, 4) is 0 Å². The fraction of sp³-hybridized carbons (Fsp3) is 0. The zero-order chi connectivity index (χ0) is 10.7. The number of amides is 1. The minimum Gasteiger partial charge on any atom is -0.319 e. The minimum absolute atomic E-state index is 0.142. The number of hydrogen-bond acceptors (Lipinski definition) is 3. The standard InChI is InChI=1S/C10H7FN2OS/c11-7-6-12-4-3-8(7)13-10(14)9-2-1-5-15-9/h1-6H,(H,12,13,14). The van der Waals surface area contributed by atoms with Gasteiger partial charge in [0, 0.05) is 6.20 Å². The van der Waals surface area contributed by atoms with E-state index in [9.17, 15) is 9.18 Å². The van der Waals surface area contributed by atoms with Gasteiger partial charge in [0.1, 0.15) is 0 Å². The fourth-order valence-corrected chi connectivity index (χ4v) is 1.69. The maximum absolute atomic E-state index is 13.1. The third-order valence-electron chi connectivity index (χ3n) is 1.77. The third kappa shape index (κ3) is 2.19. The summed E-state index contributed by atoms with van der Waals surface area (Å²) in [5.41, 5.74) is 0.142. The van der Waals surface area contributed by atoms with E-state index in [0.29, 0.717) is 4.88 Å². The van der Waals surface area contributed by atoms with Gasteiger partial charge >= 0.3 is 0 Å². The van der Waals surface area contributed by atoms with Crippen molar-refractivity contribution in [2.24, 2.45) is 0 Å². The Hall–Kier alpha value is -1.75. The number of thiophene rings is 1. The van der Waals surface area contributed by atoms with Crippen LogP contribution in [0.4, 0.5) is 10.1 Å². The first-order chi connectivity index (χ1) is 7.27. The van der Waals surface area contributed by atoms with Crippen LogP contribution < -0.4 is 5.32 Å². The van der Waals surface area contributed by atoms with Gasteiger partial charge < -0.3 is 5.32 Å². The van der Waals surface area contributed by atoms with Crippen molar-refractivity contribution in [1.82, 2.24) is 4.98 Å². The molecule has 0 saturated heterocycles. The number of hydrogen-bond donors (Lipinski definition) is 1. The van der Waals surface area contributed by atoms with Gasteiger partial charge in [-0.1, -0.05) is 6.07 Å². The molecule has 2 aromatic rings. The molecule has 0 aliphatic rings. The molecule has 0 fully saturated rings. The molecule has 1 N–H and O–H groups in total. The van der Waals surface area contributed by atoms with E-state index in [0.717, 1.165) is 6.20 Å². The monoisotopic (exact) mass is 222 g/mol. The van der Waals surface area contributed by atoms with E-state index in [2.05, 4.69) is 10.3 Å². The van der Waals surface area contributed by atoms with E-state index in [4.69, 9.17) is 0 Å². The highest BCUT2D eigenvalue weighted by molar-refractivity contribution is 7.12. The van der Waals surface area contributed by atoms with Crippen molar-refractivity contribution >= 4 is 22.9 Å². The zero-order valence-electron chi connectivity index (χ0n) is 7.61. The van der Waals surface area contributed by atoms with Gasteiger partial charge in [-0.15, -0.1) is 11.3 Å². The van der Waals surface area contributed by atoms with E-state index >= 15 is 0 Å². The summed E-state index contributed by atoms with van der Waals surface area (Å²) in [7, 11) is 0. The van der Waals surface area contributed by atoms with Crippen molar-refractivity contribution < 1.29 is 9.18 Å². The number of rotatable bonds is 2. The summed E-state index contributed by atoms with van der Waals surface area (Å²) in [5, 5.41) is 4.26. The van der Waals surface area contributed by atoms with Gasteiger partial charge in [-0.3, -0.25) is 9.78 Å². The van der Waals surface area contributed by atoms with Crippen molar-refractivity contribution in [1.29, 1.82) is 0 Å². The highest BCUT2D eigenvalue weighted by Gasteiger charge is 2.09. The fourth-order valence-electron chi connectivity index (χ4n) is 1.07. The molecular weight excluding hydrogens is 215 g/mol.